The van der Waals surface area contributed by atoms with E-state index in [-0.39, 0.29) is 81.5 Å². The number of hydrogen-bond acceptors (Lipinski definition) is 10. The van der Waals surface area contributed by atoms with Gasteiger partial charge in [0.2, 0.25) is 0 Å². The van der Waals surface area contributed by atoms with Gasteiger partial charge in [-0.2, -0.15) is 0 Å². The van der Waals surface area contributed by atoms with Crippen LogP contribution in [0.4, 0.5) is 0 Å². The van der Waals surface area contributed by atoms with Crippen LogP contribution in [0.1, 0.15) is 142 Å². The molecule has 3 rings (SSSR count). The molecule has 2 atom stereocenters. The molecular formula is C36H52CoN4O8Zn. The predicted octanol–water partition coefficient (Wildman–Crippen LogP) is 7.39. The molecule has 14 heteroatoms. The second-order valence-corrected chi connectivity index (χ2v) is 16.3. The molecule has 1 aliphatic rings. The second kappa shape index (κ2) is 19.5. The zero-order valence-electron chi connectivity index (χ0n) is 31.5. The third-order valence-electron chi connectivity index (χ3n) is 8.09. The molecule has 2 aromatic carbocycles. The van der Waals surface area contributed by atoms with Gasteiger partial charge in [0, 0.05) is 12.4 Å². The van der Waals surface area contributed by atoms with Crippen LogP contribution in [0.25, 0.3) is 0 Å². The number of nitrogens with zero attached hydrogens (tertiary/aromatic N) is 4. The molecule has 0 amide bonds. The number of hydrogen-bond donors (Lipinski definition) is 0. The molecule has 0 aromatic heterocycles. The molecule has 1 fully saturated rings. The van der Waals surface area contributed by atoms with Crippen LogP contribution in [0.5, 0.6) is 11.5 Å². The first-order chi connectivity index (χ1) is 21.7. The molecule has 0 unspecified atom stereocenters. The van der Waals surface area contributed by atoms with Crippen molar-refractivity contribution in [1.82, 2.24) is 0 Å². The van der Waals surface area contributed by atoms with Gasteiger partial charge in [-0.15, -0.1) is 0 Å². The predicted molar refractivity (Wildman–Crippen MR) is 189 cm³/mol. The topological polar surface area (TPSA) is 203 Å². The Labute approximate surface area is 320 Å². The van der Waals surface area contributed by atoms with Crippen molar-refractivity contribution in [1.29, 1.82) is 0 Å². The van der Waals surface area contributed by atoms with Gasteiger partial charge < -0.3 is 40.9 Å². The smallest absolute Gasteiger partial charge is 0.872 e. The van der Waals surface area contributed by atoms with Crippen LogP contribution >= 0.6 is 0 Å². The SMILES string of the molecule is CC(C)(C)c1cc(C=N[C@@H]2CCCC[C@H]2N=Cc2cc(C(C)(C)C)cc(C(C)(C)C)c2[O-])c([O-])c(C(C)(C)C)c1.O=[N+]([O-])[O-].O=[N+]([O-])[O-].[Co+2].[Zn+2]. The van der Waals surface area contributed by atoms with Crippen molar-refractivity contribution in [3.05, 3.63) is 88.3 Å². The van der Waals surface area contributed by atoms with Crippen LogP contribution in [0.15, 0.2) is 34.3 Å². The van der Waals surface area contributed by atoms with E-state index in [4.69, 9.17) is 40.6 Å². The summed E-state index contributed by atoms with van der Waals surface area (Å²) in [6.45, 7) is 25.6. The molecule has 0 N–H and O–H groups in total. The van der Waals surface area contributed by atoms with Crippen LogP contribution in [0.2, 0.25) is 0 Å². The summed E-state index contributed by atoms with van der Waals surface area (Å²) in [5.41, 5.74) is 4.62. The molecule has 1 saturated carbocycles. The number of rotatable bonds is 4. The average Bonchev–Trinajstić information content (AvgIpc) is 2.89. The van der Waals surface area contributed by atoms with E-state index in [9.17, 15) is 10.2 Å². The summed E-state index contributed by atoms with van der Waals surface area (Å²) in [4.78, 5) is 26.4. The van der Waals surface area contributed by atoms with E-state index in [0.717, 1.165) is 47.9 Å². The molecule has 50 heavy (non-hydrogen) atoms. The summed E-state index contributed by atoms with van der Waals surface area (Å²) < 4.78 is 0. The van der Waals surface area contributed by atoms with Gasteiger partial charge in [-0.05, 0) is 67.9 Å². The quantitative estimate of drug-likeness (QED) is 0.132. The summed E-state index contributed by atoms with van der Waals surface area (Å²) in [5, 5.41) is 56.4. The van der Waals surface area contributed by atoms with E-state index in [1.54, 1.807) is 12.4 Å². The maximum Gasteiger partial charge on any atom is 2.00 e. The van der Waals surface area contributed by atoms with Crippen molar-refractivity contribution in [2.45, 2.75) is 143 Å². The molecular weight excluding hydrogens is 741 g/mol. The standard InChI is InChI=1S/C36H54N2O2.Co.2NO3.Zn/c1-33(2,3)25-17-23(31(39)27(19-25)35(7,8)9)21-37-29-15-13-14-16-30(29)38-22-24-18-26(34(4,5)6)20-28(32(24)40)36(10,11)12;;2*2-1(3)4;/h17-22,29-30,39-40H,13-16H2,1-12H3;;;;/q;+2;2*-1;+2/p-2/t29-,30-;;;;/m1..../s1. The zero-order chi connectivity index (χ0) is 37.4. The van der Waals surface area contributed by atoms with Gasteiger partial charge >= 0.3 is 36.3 Å². The summed E-state index contributed by atoms with van der Waals surface area (Å²) >= 11 is 0. The van der Waals surface area contributed by atoms with Crippen molar-refractivity contribution in [3.8, 4) is 11.5 Å². The fraction of sp³-hybridized carbons (Fsp3) is 0.611. The van der Waals surface area contributed by atoms with Gasteiger partial charge in [-0.25, -0.2) is 0 Å². The summed E-state index contributed by atoms with van der Waals surface area (Å²) in [6, 6.07) is 8.15. The minimum absolute atomic E-state index is 0. The van der Waals surface area contributed by atoms with Crippen molar-refractivity contribution in [2.24, 2.45) is 9.98 Å². The van der Waals surface area contributed by atoms with Crippen LogP contribution < -0.4 is 10.2 Å². The molecule has 0 heterocycles. The van der Waals surface area contributed by atoms with Gasteiger partial charge in [-0.3, -0.25) is 9.98 Å². The first-order valence-electron chi connectivity index (χ1n) is 16.1. The minimum atomic E-state index is -1.75. The van der Waals surface area contributed by atoms with Gasteiger partial charge in [0.25, 0.3) is 0 Å². The van der Waals surface area contributed by atoms with E-state index in [0.29, 0.717) is 11.1 Å². The Morgan fingerprint density at radius 3 is 1.06 bits per heavy atom. The van der Waals surface area contributed by atoms with Gasteiger partial charge in [0.1, 0.15) is 0 Å². The summed E-state index contributed by atoms with van der Waals surface area (Å²) in [6.07, 6.45) is 7.63. The van der Waals surface area contributed by atoms with Crippen LogP contribution in [0, 0.1) is 30.6 Å². The van der Waals surface area contributed by atoms with Crippen LogP contribution in [-0.2, 0) is 57.9 Å². The first kappa shape index (κ1) is 49.0. The van der Waals surface area contributed by atoms with Gasteiger partial charge in [-0.1, -0.05) is 132 Å². The summed E-state index contributed by atoms with van der Waals surface area (Å²) in [5.74, 6) is 0.120. The third kappa shape index (κ3) is 15.9. The largest absolute Gasteiger partial charge is 2.00 e. The van der Waals surface area contributed by atoms with E-state index < -0.39 is 10.2 Å². The number of benzene rings is 2. The molecule has 12 nitrogen and oxygen atoms in total. The Balaban J connectivity index is 0. The molecule has 1 radical (unpaired) electrons. The van der Waals surface area contributed by atoms with E-state index in [1.165, 1.54) is 0 Å². The maximum atomic E-state index is 13.5. The van der Waals surface area contributed by atoms with Gasteiger partial charge in [0.15, 0.2) is 0 Å². The maximum absolute atomic E-state index is 13.5. The zero-order valence-corrected chi connectivity index (χ0v) is 35.6. The van der Waals surface area contributed by atoms with Crippen LogP contribution in [0.3, 0.4) is 0 Å². The Bertz CT molecular complexity index is 1370. The second-order valence-electron chi connectivity index (χ2n) is 16.3. The van der Waals surface area contributed by atoms with E-state index >= 15 is 0 Å². The first-order valence-corrected chi connectivity index (χ1v) is 16.1. The summed E-state index contributed by atoms with van der Waals surface area (Å²) in [7, 11) is 0. The fourth-order valence-electron chi connectivity index (χ4n) is 5.27. The van der Waals surface area contributed by atoms with Crippen molar-refractivity contribution < 1.29 is 56.6 Å². The molecule has 1 aliphatic carbocycles. The normalized spacial score (nSPS) is 16.6. The van der Waals surface area contributed by atoms with Crippen LogP contribution in [-0.4, -0.2) is 34.7 Å². The average molecular weight is 793 g/mol. The Hall–Kier alpha value is -3.09. The van der Waals surface area contributed by atoms with E-state index in [2.05, 4.69) is 95.2 Å². The monoisotopic (exact) mass is 791 g/mol. The number of aliphatic imine (C=N–C) groups is 2. The van der Waals surface area contributed by atoms with Crippen molar-refractivity contribution in [3.63, 3.8) is 0 Å². The molecule has 2 aromatic rings. The van der Waals surface area contributed by atoms with Crippen molar-refractivity contribution in [2.75, 3.05) is 0 Å². The minimum Gasteiger partial charge on any atom is -0.872 e. The molecule has 0 bridgehead atoms. The molecule has 275 valence electrons. The Morgan fingerprint density at radius 2 is 0.840 bits per heavy atom. The van der Waals surface area contributed by atoms with Crippen molar-refractivity contribution >= 4 is 12.4 Å². The molecule has 0 spiro atoms. The molecule has 0 aliphatic heterocycles. The van der Waals surface area contributed by atoms with E-state index in [1.807, 2.05) is 12.1 Å². The Morgan fingerprint density at radius 1 is 0.580 bits per heavy atom. The van der Waals surface area contributed by atoms with Gasteiger partial charge in [0.05, 0.1) is 22.3 Å². The third-order valence-corrected chi connectivity index (χ3v) is 8.09. The fourth-order valence-corrected chi connectivity index (χ4v) is 5.27. The Kier molecular flexibility index (Phi) is 19.1. The molecule has 0 saturated heterocycles.